The minimum atomic E-state index is -0.740. The molecule has 0 aliphatic rings. The molecule has 0 aliphatic carbocycles. The van der Waals surface area contributed by atoms with Crippen molar-refractivity contribution < 1.29 is 9.90 Å². The molecule has 1 aromatic carbocycles. The molecule has 2 N–H and O–H groups in total. The van der Waals surface area contributed by atoms with E-state index in [-0.39, 0.29) is 0 Å². The molecule has 0 unspecified atom stereocenters. The molecule has 0 atom stereocenters. The zero-order chi connectivity index (χ0) is 13.8. The third-order valence-corrected chi connectivity index (χ3v) is 3.41. The second-order valence-corrected chi connectivity index (χ2v) is 5.53. The van der Waals surface area contributed by atoms with E-state index >= 15 is 0 Å². The summed E-state index contributed by atoms with van der Waals surface area (Å²) in [6, 6.07) is 6.40. The molecule has 3 heteroatoms. The van der Waals surface area contributed by atoms with Gasteiger partial charge < -0.3 is 10.4 Å². The zero-order valence-corrected chi connectivity index (χ0v) is 11.7. The maximum absolute atomic E-state index is 10.9. The lowest BCUT2D eigenvalue weighted by atomic mass is 9.90. The van der Waals surface area contributed by atoms with Gasteiger partial charge in [0, 0.05) is 6.54 Å². The Morgan fingerprint density at radius 1 is 1.28 bits per heavy atom. The third kappa shape index (κ3) is 4.15. The number of carboxylic acid groups (broad SMARTS) is 1. The van der Waals surface area contributed by atoms with Crippen LogP contribution in [0.3, 0.4) is 0 Å². The summed E-state index contributed by atoms with van der Waals surface area (Å²) in [5.41, 5.74) is 3.17. The fourth-order valence-corrected chi connectivity index (χ4v) is 1.65. The van der Waals surface area contributed by atoms with Crippen LogP contribution in [0, 0.1) is 19.3 Å². The van der Waals surface area contributed by atoms with Gasteiger partial charge in [0.2, 0.25) is 0 Å². The van der Waals surface area contributed by atoms with Gasteiger partial charge in [-0.2, -0.15) is 0 Å². The summed E-state index contributed by atoms with van der Waals surface area (Å²) >= 11 is 0. The zero-order valence-electron chi connectivity index (χ0n) is 11.7. The Labute approximate surface area is 109 Å². The fraction of sp³-hybridized carbons (Fsp3) is 0.533. The minimum Gasteiger partial charge on any atom is -0.481 e. The number of aliphatic carboxylic acids is 1. The number of aryl methyl sites for hydroxylation is 2. The molecule has 0 amide bonds. The van der Waals surface area contributed by atoms with E-state index in [1.54, 1.807) is 13.8 Å². The first-order valence-corrected chi connectivity index (χ1v) is 6.33. The van der Waals surface area contributed by atoms with Crippen molar-refractivity contribution >= 4 is 5.97 Å². The van der Waals surface area contributed by atoms with Crippen molar-refractivity contribution in [3.8, 4) is 0 Å². The van der Waals surface area contributed by atoms with Gasteiger partial charge in [0.25, 0.3) is 0 Å². The van der Waals surface area contributed by atoms with Crippen molar-refractivity contribution in [1.82, 2.24) is 5.32 Å². The van der Waals surface area contributed by atoms with Crippen LogP contribution in [-0.4, -0.2) is 17.6 Å². The number of hydrogen-bond acceptors (Lipinski definition) is 2. The molecular weight excluding hydrogens is 226 g/mol. The van der Waals surface area contributed by atoms with Crippen molar-refractivity contribution in [2.45, 2.75) is 40.7 Å². The van der Waals surface area contributed by atoms with E-state index in [4.69, 9.17) is 5.11 Å². The maximum Gasteiger partial charge on any atom is 0.309 e. The van der Waals surface area contributed by atoms with Crippen LogP contribution in [0.5, 0.6) is 0 Å². The van der Waals surface area contributed by atoms with Gasteiger partial charge in [-0.25, -0.2) is 0 Å². The summed E-state index contributed by atoms with van der Waals surface area (Å²) < 4.78 is 0. The average molecular weight is 249 g/mol. The molecule has 1 aromatic rings. The highest BCUT2D eigenvalue weighted by Crippen LogP contribution is 2.19. The summed E-state index contributed by atoms with van der Waals surface area (Å²) in [5, 5.41) is 12.3. The Morgan fingerprint density at radius 3 is 2.50 bits per heavy atom. The van der Waals surface area contributed by atoms with E-state index in [9.17, 15) is 4.79 Å². The number of carbonyl (C=O) groups is 1. The molecule has 0 saturated carbocycles. The molecule has 0 aromatic heterocycles. The third-order valence-electron chi connectivity index (χ3n) is 3.41. The van der Waals surface area contributed by atoms with Gasteiger partial charge in [-0.05, 0) is 57.4 Å². The van der Waals surface area contributed by atoms with E-state index < -0.39 is 11.4 Å². The van der Waals surface area contributed by atoms with Crippen LogP contribution >= 0.6 is 0 Å². The monoisotopic (exact) mass is 249 g/mol. The quantitative estimate of drug-likeness (QED) is 0.762. The van der Waals surface area contributed by atoms with E-state index in [2.05, 4.69) is 37.4 Å². The van der Waals surface area contributed by atoms with Crippen molar-refractivity contribution in [3.63, 3.8) is 0 Å². The Hall–Kier alpha value is -1.35. The molecule has 0 saturated heterocycles. The number of hydrogen-bond donors (Lipinski definition) is 2. The lowest BCUT2D eigenvalue weighted by Crippen LogP contribution is -2.28. The molecule has 1 rings (SSSR count). The number of rotatable bonds is 6. The highest BCUT2D eigenvalue weighted by atomic mass is 16.4. The van der Waals surface area contributed by atoms with Crippen LogP contribution < -0.4 is 5.32 Å². The van der Waals surface area contributed by atoms with Crippen LogP contribution in [0.4, 0.5) is 0 Å². The standard InChI is InChI=1S/C15H23NO2/c1-11-5-6-13(9-12(11)2)10-16-8-7-15(3,4)14(17)18/h5-6,9,16H,7-8,10H2,1-4H3,(H,17,18). The lowest BCUT2D eigenvalue weighted by Gasteiger charge is -2.19. The van der Waals surface area contributed by atoms with E-state index in [0.717, 1.165) is 6.54 Å². The molecule has 18 heavy (non-hydrogen) atoms. The predicted octanol–water partition coefficient (Wildman–Crippen LogP) is 2.89. The van der Waals surface area contributed by atoms with Gasteiger partial charge in [-0.3, -0.25) is 4.79 Å². The normalized spacial score (nSPS) is 11.6. The molecule has 0 fully saturated rings. The molecule has 0 aliphatic heterocycles. The van der Waals surface area contributed by atoms with E-state index in [1.807, 2.05) is 0 Å². The Bertz CT molecular complexity index is 425. The van der Waals surface area contributed by atoms with Gasteiger partial charge >= 0.3 is 5.97 Å². The lowest BCUT2D eigenvalue weighted by molar-refractivity contribution is -0.147. The molecule has 0 spiro atoms. The molecule has 0 heterocycles. The maximum atomic E-state index is 10.9. The highest BCUT2D eigenvalue weighted by Gasteiger charge is 2.25. The Kier molecular flexibility index (Phi) is 4.91. The minimum absolute atomic E-state index is 0.632. The van der Waals surface area contributed by atoms with Crippen LogP contribution in [0.2, 0.25) is 0 Å². The first-order valence-electron chi connectivity index (χ1n) is 6.33. The molecule has 0 bridgehead atoms. The first-order chi connectivity index (χ1) is 8.33. The summed E-state index contributed by atoms with van der Waals surface area (Å²) in [5.74, 6) is -0.740. The molecule has 3 nitrogen and oxygen atoms in total. The fourth-order valence-electron chi connectivity index (χ4n) is 1.65. The SMILES string of the molecule is Cc1ccc(CNCCC(C)(C)C(=O)O)cc1C. The number of nitrogens with one attached hydrogen (secondary N) is 1. The summed E-state index contributed by atoms with van der Waals surface area (Å²) in [7, 11) is 0. The van der Waals surface area contributed by atoms with Crippen LogP contribution in [0.15, 0.2) is 18.2 Å². The molecule has 100 valence electrons. The van der Waals surface area contributed by atoms with Crippen LogP contribution in [0.25, 0.3) is 0 Å². The summed E-state index contributed by atoms with van der Waals surface area (Å²) in [6.45, 7) is 9.22. The predicted molar refractivity (Wildman–Crippen MR) is 73.7 cm³/mol. The van der Waals surface area contributed by atoms with Crippen molar-refractivity contribution in [2.24, 2.45) is 5.41 Å². The average Bonchev–Trinajstić information content (AvgIpc) is 2.29. The van der Waals surface area contributed by atoms with E-state index in [0.29, 0.717) is 13.0 Å². The van der Waals surface area contributed by atoms with Crippen LogP contribution in [-0.2, 0) is 11.3 Å². The Morgan fingerprint density at radius 2 is 1.94 bits per heavy atom. The topological polar surface area (TPSA) is 49.3 Å². The largest absolute Gasteiger partial charge is 0.481 e. The van der Waals surface area contributed by atoms with Gasteiger partial charge in [-0.1, -0.05) is 18.2 Å². The van der Waals surface area contributed by atoms with Gasteiger partial charge in [-0.15, -0.1) is 0 Å². The second-order valence-electron chi connectivity index (χ2n) is 5.53. The summed E-state index contributed by atoms with van der Waals surface area (Å²) in [4.78, 5) is 10.9. The van der Waals surface area contributed by atoms with Gasteiger partial charge in [0.05, 0.1) is 5.41 Å². The molecule has 0 radical (unpaired) electrons. The van der Waals surface area contributed by atoms with Crippen molar-refractivity contribution in [2.75, 3.05) is 6.54 Å². The Balaban J connectivity index is 2.38. The number of benzene rings is 1. The highest BCUT2D eigenvalue weighted by molar-refractivity contribution is 5.73. The molecular formula is C15H23NO2. The summed E-state index contributed by atoms with van der Waals surface area (Å²) in [6.07, 6.45) is 0.632. The van der Waals surface area contributed by atoms with Crippen LogP contribution in [0.1, 0.15) is 37.0 Å². The van der Waals surface area contributed by atoms with E-state index in [1.165, 1.54) is 16.7 Å². The first kappa shape index (κ1) is 14.7. The van der Waals surface area contributed by atoms with Gasteiger partial charge in [0.1, 0.15) is 0 Å². The van der Waals surface area contributed by atoms with Gasteiger partial charge in [0.15, 0.2) is 0 Å². The van der Waals surface area contributed by atoms with Crippen molar-refractivity contribution in [3.05, 3.63) is 34.9 Å². The second kappa shape index (κ2) is 6.01. The number of carboxylic acids is 1. The van der Waals surface area contributed by atoms with Crippen molar-refractivity contribution in [1.29, 1.82) is 0 Å². The smallest absolute Gasteiger partial charge is 0.309 e.